The van der Waals surface area contributed by atoms with Gasteiger partial charge in [-0.2, -0.15) is 0 Å². The van der Waals surface area contributed by atoms with Crippen LogP contribution < -0.4 is 5.32 Å². The first-order valence-corrected chi connectivity index (χ1v) is 7.83. The Labute approximate surface area is 127 Å². The number of hydrogen-bond acceptors (Lipinski definition) is 4. The molecular weight excluding hydrogens is 264 g/mol. The van der Waals surface area contributed by atoms with Crippen molar-refractivity contribution in [1.82, 2.24) is 10.2 Å². The van der Waals surface area contributed by atoms with Crippen LogP contribution in [0.5, 0.6) is 0 Å². The third-order valence-corrected chi connectivity index (χ3v) is 4.04. The molecule has 1 N–H and O–H groups in total. The molecule has 0 bridgehead atoms. The number of benzene rings is 1. The zero-order chi connectivity index (χ0) is 15.1. The lowest BCUT2D eigenvalue weighted by molar-refractivity contribution is -0.139. The summed E-state index contributed by atoms with van der Waals surface area (Å²) in [5, 5.41) is 3.49. The molecule has 1 aromatic carbocycles. The highest BCUT2D eigenvalue weighted by atomic mass is 16.5. The highest BCUT2D eigenvalue weighted by Crippen LogP contribution is 2.25. The van der Waals surface area contributed by atoms with E-state index in [-0.39, 0.29) is 5.97 Å². The lowest BCUT2D eigenvalue weighted by atomic mass is 10.0. The quantitative estimate of drug-likeness (QED) is 0.558. The van der Waals surface area contributed by atoms with Crippen molar-refractivity contribution in [1.29, 1.82) is 0 Å². The molecule has 21 heavy (non-hydrogen) atoms. The number of esters is 1. The van der Waals surface area contributed by atoms with E-state index in [0.29, 0.717) is 6.42 Å². The minimum Gasteiger partial charge on any atom is -0.469 e. The number of carbonyl (C=O) groups excluding carboxylic acids is 1. The average Bonchev–Trinajstić information content (AvgIpc) is 3.33. The summed E-state index contributed by atoms with van der Waals surface area (Å²) in [6.45, 7) is 6.24. The van der Waals surface area contributed by atoms with E-state index in [4.69, 9.17) is 4.74 Å². The number of carbonyl (C=O) groups is 1. The highest BCUT2D eigenvalue weighted by molar-refractivity contribution is 5.72. The van der Waals surface area contributed by atoms with Crippen LogP contribution in [0.3, 0.4) is 0 Å². The van der Waals surface area contributed by atoms with E-state index in [2.05, 4.69) is 23.2 Å². The molecule has 0 amide bonds. The van der Waals surface area contributed by atoms with E-state index < -0.39 is 0 Å². The van der Waals surface area contributed by atoms with Gasteiger partial charge in [-0.15, -0.1) is 0 Å². The van der Waals surface area contributed by atoms with Gasteiger partial charge in [-0.1, -0.05) is 31.2 Å². The number of ether oxygens (including phenoxy) is 1. The van der Waals surface area contributed by atoms with Crippen molar-refractivity contribution in [3.63, 3.8) is 0 Å². The second kappa shape index (κ2) is 8.15. The molecule has 0 saturated heterocycles. The molecule has 2 rings (SSSR count). The largest absolute Gasteiger partial charge is 0.469 e. The molecule has 4 nitrogen and oxygen atoms in total. The summed E-state index contributed by atoms with van der Waals surface area (Å²) in [4.78, 5) is 14.0. The minimum atomic E-state index is -0.187. The van der Waals surface area contributed by atoms with Crippen molar-refractivity contribution in [2.24, 2.45) is 0 Å². The smallest absolute Gasteiger partial charge is 0.309 e. The standard InChI is InChI=1S/C17H26N2O2/c1-3-19(16-8-9-16)11-10-18-13-15-7-5-4-6-14(15)12-17(20)21-2/h4-7,16,18H,3,8-13H2,1-2H3. The van der Waals surface area contributed by atoms with Gasteiger partial charge in [0.05, 0.1) is 13.5 Å². The topological polar surface area (TPSA) is 41.6 Å². The van der Waals surface area contributed by atoms with Gasteiger partial charge >= 0.3 is 5.97 Å². The maximum absolute atomic E-state index is 11.4. The number of likely N-dealkylation sites (N-methyl/N-ethyl adjacent to an activating group) is 1. The molecular formula is C17H26N2O2. The molecule has 1 saturated carbocycles. The normalized spacial score (nSPS) is 14.4. The van der Waals surface area contributed by atoms with Gasteiger partial charge in [0.25, 0.3) is 0 Å². The third-order valence-electron chi connectivity index (χ3n) is 4.04. The summed E-state index contributed by atoms with van der Waals surface area (Å²) in [5.74, 6) is -0.187. The Morgan fingerprint density at radius 1 is 1.33 bits per heavy atom. The molecule has 0 unspecified atom stereocenters. The first-order valence-electron chi connectivity index (χ1n) is 7.83. The Bertz CT molecular complexity index is 458. The van der Waals surface area contributed by atoms with Crippen LogP contribution in [0.15, 0.2) is 24.3 Å². The monoisotopic (exact) mass is 290 g/mol. The van der Waals surface area contributed by atoms with E-state index in [1.807, 2.05) is 18.2 Å². The zero-order valence-corrected chi connectivity index (χ0v) is 13.1. The van der Waals surface area contributed by atoms with Crippen molar-refractivity contribution in [2.45, 2.75) is 38.8 Å². The molecule has 116 valence electrons. The number of hydrogen-bond donors (Lipinski definition) is 1. The number of methoxy groups -OCH3 is 1. The lowest BCUT2D eigenvalue weighted by Crippen LogP contribution is -2.33. The third kappa shape index (κ3) is 5.14. The van der Waals surface area contributed by atoms with E-state index in [0.717, 1.165) is 37.8 Å². The van der Waals surface area contributed by atoms with Crippen molar-refractivity contribution in [3.8, 4) is 0 Å². The van der Waals surface area contributed by atoms with Crippen LogP contribution in [0, 0.1) is 0 Å². The zero-order valence-electron chi connectivity index (χ0n) is 13.1. The van der Waals surface area contributed by atoms with Crippen LogP contribution >= 0.6 is 0 Å². The number of nitrogens with one attached hydrogen (secondary N) is 1. The van der Waals surface area contributed by atoms with Crippen molar-refractivity contribution < 1.29 is 9.53 Å². The fraction of sp³-hybridized carbons (Fsp3) is 0.588. The number of rotatable bonds is 9. The molecule has 0 aromatic heterocycles. The Balaban J connectivity index is 1.78. The first-order chi connectivity index (χ1) is 10.2. The van der Waals surface area contributed by atoms with Gasteiger partial charge < -0.3 is 10.1 Å². The molecule has 0 aliphatic heterocycles. The van der Waals surface area contributed by atoms with Crippen LogP contribution in [0.1, 0.15) is 30.9 Å². The second-order valence-corrected chi connectivity index (χ2v) is 5.56. The Morgan fingerprint density at radius 3 is 2.67 bits per heavy atom. The summed E-state index contributed by atoms with van der Waals surface area (Å²) in [5.41, 5.74) is 2.23. The lowest BCUT2D eigenvalue weighted by Gasteiger charge is -2.20. The fourth-order valence-corrected chi connectivity index (χ4v) is 2.61. The Morgan fingerprint density at radius 2 is 2.05 bits per heavy atom. The SMILES string of the molecule is CCN(CCNCc1ccccc1CC(=O)OC)C1CC1. The van der Waals surface area contributed by atoms with Gasteiger partial charge in [0.15, 0.2) is 0 Å². The number of nitrogens with zero attached hydrogens (tertiary/aromatic N) is 1. The first kappa shape index (κ1) is 16.0. The maximum atomic E-state index is 11.4. The molecule has 1 fully saturated rings. The van der Waals surface area contributed by atoms with Gasteiger partial charge in [0.2, 0.25) is 0 Å². The van der Waals surface area contributed by atoms with Gasteiger partial charge in [-0.05, 0) is 30.5 Å². The summed E-state index contributed by atoms with van der Waals surface area (Å²) in [6.07, 6.45) is 3.06. The Hall–Kier alpha value is -1.39. The maximum Gasteiger partial charge on any atom is 0.309 e. The van der Waals surface area contributed by atoms with Gasteiger partial charge in [-0.25, -0.2) is 0 Å². The van der Waals surface area contributed by atoms with Gasteiger partial charge in [0.1, 0.15) is 0 Å². The van der Waals surface area contributed by atoms with Crippen molar-refractivity contribution in [2.75, 3.05) is 26.7 Å². The van der Waals surface area contributed by atoms with Crippen LogP contribution in [0.25, 0.3) is 0 Å². The predicted molar refractivity (Wildman–Crippen MR) is 84.1 cm³/mol. The molecule has 0 heterocycles. The fourth-order valence-electron chi connectivity index (χ4n) is 2.61. The predicted octanol–water partition coefficient (Wildman–Crippen LogP) is 1.98. The van der Waals surface area contributed by atoms with Crippen LogP contribution in [0.4, 0.5) is 0 Å². The summed E-state index contributed by atoms with van der Waals surface area (Å²) in [6, 6.07) is 8.87. The minimum absolute atomic E-state index is 0.187. The molecule has 4 heteroatoms. The van der Waals surface area contributed by atoms with Crippen molar-refractivity contribution >= 4 is 5.97 Å². The highest BCUT2D eigenvalue weighted by Gasteiger charge is 2.26. The van der Waals surface area contributed by atoms with E-state index in [1.54, 1.807) is 0 Å². The van der Waals surface area contributed by atoms with Crippen LogP contribution in [0.2, 0.25) is 0 Å². The molecule has 1 aliphatic carbocycles. The summed E-state index contributed by atoms with van der Waals surface area (Å²) in [7, 11) is 1.43. The van der Waals surface area contributed by atoms with E-state index in [1.165, 1.54) is 25.5 Å². The van der Waals surface area contributed by atoms with Crippen molar-refractivity contribution in [3.05, 3.63) is 35.4 Å². The molecule has 1 aromatic rings. The second-order valence-electron chi connectivity index (χ2n) is 5.56. The summed E-state index contributed by atoms with van der Waals surface area (Å²) < 4.78 is 4.75. The van der Waals surface area contributed by atoms with Gasteiger partial charge in [-0.3, -0.25) is 9.69 Å². The van der Waals surface area contributed by atoms with Crippen LogP contribution in [-0.4, -0.2) is 43.7 Å². The van der Waals surface area contributed by atoms with Crippen LogP contribution in [-0.2, 0) is 22.5 Å². The van der Waals surface area contributed by atoms with E-state index >= 15 is 0 Å². The molecule has 0 atom stereocenters. The average molecular weight is 290 g/mol. The van der Waals surface area contributed by atoms with E-state index in [9.17, 15) is 4.79 Å². The molecule has 0 radical (unpaired) electrons. The summed E-state index contributed by atoms with van der Waals surface area (Å²) >= 11 is 0. The van der Waals surface area contributed by atoms with Gasteiger partial charge in [0, 0.05) is 25.7 Å². The molecule has 1 aliphatic rings. The molecule has 0 spiro atoms. The Kier molecular flexibility index (Phi) is 6.21.